The van der Waals surface area contributed by atoms with Crippen LogP contribution in [0.15, 0.2) is 24.7 Å². The topological polar surface area (TPSA) is 56.7 Å². The summed E-state index contributed by atoms with van der Waals surface area (Å²) in [5, 5.41) is 4.22. The normalized spacial score (nSPS) is 10.5. The van der Waals surface area contributed by atoms with Crippen molar-refractivity contribution in [2.45, 2.75) is 20.4 Å². The Bertz CT molecular complexity index is 473. The largest absolute Gasteiger partial charge is 0.383 e. The summed E-state index contributed by atoms with van der Waals surface area (Å²) < 4.78 is 1.87. The van der Waals surface area contributed by atoms with E-state index in [9.17, 15) is 0 Å². The Kier molecular flexibility index (Phi) is 2.41. The summed E-state index contributed by atoms with van der Waals surface area (Å²) in [6.07, 6.45) is 5.56. The third-order valence-electron chi connectivity index (χ3n) is 2.32. The first-order chi connectivity index (χ1) is 7.20. The van der Waals surface area contributed by atoms with Crippen LogP contribution in [0.5, 0.6) is 0 Å². The molecule has 0 aliphatic rings. The molecular weight excluding hydrogens is 188 g/mol. The van der Waals surface area contributed by atoms with Gasteiger partial charge in [0, 0.05) is 30.1 Å². The van der Waals surface area contributed by atoms with Crippen LogP contribution in [0.2, 0.25) is 0 Å². The number of nitrogen functional groups attached to an aromatic ring is 1. The molecule has 2 N–H and O–H groups in total. The number of pyridine rings is 1. The van der Waals surface area contributed by atoms with Gasteiger partial charge in [0.25, 0.3) is 0 Å². The molecule has 0 spiro atoms. The van der Waals surface area contributed by atoms with Gasteiger partial charge in [-0.15, -0.1) is 0 Å². The number of hydrogen-bond donors (Lipinski definition) is 1. The van der Waals surface area contributed by atoms with E-state index in [4.69, 9.17) is 5.73 Å². The van der Waals surface area contributed by atoms with Crippen molar-refractivity contribution < 1.29 is 0 Å². The Morgan fingerprint density at radius 3 is 2.87 bits per heavy atom. The second-order valence-corrected chi connectivity index (χ2v) is 3.53. The van der Waals surface area contributed by atoms with E-state index in [1.807, 2.05) is 30.1 Å². The molecule has 2 aromatic rings. The molecule has 4 heteroatoms. The van der Waals surface area contributed by atoms with Gasteiger partial charge in [-0.3, -0.25) is 4.68 Å². The summed E-state index contributed by atoms with van der Waals surface area (Å²) in [6, 6.07) is 2.03. The van der Waals surface area contributed by atoms with Crippen LogP contribution in [0, 0.1) is 6.92 Å². The predicted molar refractivity (Wildman–Crippen MR) is 60.3 cm³/mol. The second-order valence-electron chi connectivity index (χ2n) is 3.53. The number of rotatable bonds is 2. The Labute approximate surface area is 88.8 Å². The molecule has 0 unspecified atom stereocenters. The Morgan fingerprint density at radius 1 is 1.40 bits per heavy atom. The van der Waals surface area contributed by atoms with Gasteiger partial charge in [-0.25, -0.2) is 4.98 Å². The SMILES string of the molecule is CCn1cc(-c2cc(C)cnc2N)cn1. The van der Waals surface area contributed by atoms with Crippen molar-refractivity contribution in [3.8, 4) is 11.1 Å². The maximum absolute atomic E-state index is 5.82. The van der Waals surface area contributed by atoms with Gasteiger partial charge in [0.05, 0.1) is 6.20 Å². The first-order valence-corrected chi connectivity index (χ1v) is 4.95. The van der Waals surface area contributed by atoms with Crippen LogP contribution in [0.25, 0.3) is 11.1 Å². The third kappa shape index (κ3) is 1.83. The molecule has 0 aliphatic carbocycles. The molecule has 4 nitrogen and oxygen atoms in total. The van der Waals surface area contributed by atoms with E-state index >= 15 is 0 Å². The summed E-state index contributed by atoms with van der Waals surface area (Å²) in [5.74, 6) is 0.552. The van der Waals surface area contributed by atoms with Gasteiger partial charge in [0.2, 0.25) is 0 Å². The average Bonchev–Trinajstić information content (AvgIpc) is 2.70. The molecule has 78 valence electrons. The average molecular weight is 202 g/mol. The predicted octanol–water partition coefficient (Wildman–Crippen LogP) is 1.86. The minimum atomic E-state index is 0.552. The van der Waals surface area contributed by atoms with Gasteiger partial charge < -0.3 is 5.73 Å². The molecule has 2 aromatic heterocycles. The highest BCUT2D eigenvalue weighted by Gasteiger charge is 2.06. The Morgan fingerprint density at radius 2 is 2.20 bits per heavy atom. The zero-order valence-corrected chi connectivity index (χ0v) is 8.94. The monoisotopic (exact) mass is 202 g/mol. The first-order valence-electron chi connectivity index (χ1n) is 4.95. The standard InChI is InChI=1S/C11H14N4/c1-3-15-7-9(6-14-15)10-4-8(2)5-13-11(10)12/h4-7H,3H2,1-2H3,(H2,12,13). The molecule has 0 saturated heterocycles. The summed E-state index contributed by atoms with van der Waals surface area (Å²) in [5.41, 5.74) is 8.90. The highest BCUT2D eigenvalue weighted by Crippen LogP contribution is 2.24. The first kappa shape index (κ1) is 9.71. The van der Waals surface area contributed by atoms with E-state index in [2.05, 4.69) is 17.0 Å². The molecule has 0 bridgehead atoms. The molecule has 0 radical (unpaired) electrons. The molecule has 0 aromatic carbocycles. The number of anilines is 1. The van der Waals surface area contributed by atoms with Crippen LogP contribution < -0.4 is 5.73 Å². The number of hydrogen-bond acceptors (Lipinski definition) is 3. The van der Waals surface area contributed by atoms with Crippen LogP contribution in [0.1, 0.15) is 12.5 Å². The third-order valence-corrected chi connectivity index (χ3v) is 2.32. The lowest BCUT2D eigenvalue weighted by Crippen LogP contribution is -1.94. The molecule has 0 saturated carbocycles. The molecule has 2 heterocycles. The van der Waals surface area contributed by atoms with Gasteiger partial charge in [-0.05, 0) is 25.5 Å². The van der Waals surface area contributed by atoms with Gasteiger partial charge >= 0.3 is 0 Å². The van der Waals surface area contributed by atoms with E-state index in [-0.39, 0.29) is 0 Å². The summed E-state index contributed by atoms with van der Waals surface area (Å²) in [4.78, 5) is 4.13. The lowest BCUT2D eigenvalue weighted by molar-refractivity contribution is 0.660. The molecule has 15 heavy (non-hydrogen) atoms. The summed E-state index contributed by atoms with van der Waals surface area (Å²) in [7, 11) is 0. The molecule has 0 fully saturated rings. The van der Waals surface area contributed by atoms with Crippen LogP contribution in [0.3, 0.4) is 0 Å². The molecule has 0 amide bonds. The molecule has 0 atom stereocenters. The lowest BCUT2D eigenvalue weighted by Gasteiger charge is -2.02. The van der Waals surface area contributed by atoms with Crippen molar-refractivity contribution in [1.29, 1.82) is 0 Å². The molecular formula is C11H14N4. The fraction of sp³-hybridized carbons (Fsp3) is 0.273. The minimum absolute atomic E-state index is 0.552. The quantitative estimate of drug-likeness (QED) is 0.808. The van der Waals surface area contributed by atoms with E-state index in [0.717, 1.165) is 23.2 Å². The maximum Gasteiger partial charge on any atom is 0.131 e. The van der Waals surface area contributed by atoms with Gasteiger partial charge in [0.1, 0.15) is 5.82 Å². The number of aryl methyl sites for hydroxylation is 2. The number of nitrogens with zero attached hydrogens (tertiary/aromatic N) is 3. The molecule has 0 aliphatic heterocycles. The van der Waals surface area contributed by atoms with Gasteiger partial charge in [-0.1, -0.05) is 0 Å². The van der Waals surface area contributed by atoms with E-state index < -0.39 is 0 Å². The van der Waals surface area contributed by atoms with E-state index in [1.54, 1.807) is 6.20 Å². The van der Waals surface area contributed by atoms with Crippen molar-refractivity contribution in [2.75, 3.05) is 5.73 Å². The van der Waals surface area contributed by atoms with Crippen molar-refractivity contribution in [2.24, 2.45) is 0 Å². The smallest absolute Gasteiger partial charge is 0.131 e. The van der Waals surface area contributed by atoms with Crippen LogP contribution in [-0.2, 0) is 6.54 Å². The van der Waals surface area contributed by atoms with Gasteiger partial charge in [-0.2, -0.15) is 5.10 Å². The Balaban J connectivity index is 2.48. The fourth-order valence-electron chi connectivity index (χ4n) is 1.49. The number of nitrogens with two attached hydrogens (primary N) is 1. The Hall–Kier alpha value is -1.84. The van der Waals surface area contributed by atoms with Gasteiger partial charge in [0.15, 0.2) is 0 Å². The van der Waals surface area contributed by atoms with Crippen molar-refractivity contribution >= 4 is 5.82 Å². The maximum atomic E-state index is 5.82. The van der Waals surface area contributed by atoms with Crippen LogP contribution >= 0.6 is 0 Å². The minimum Gasteiger partial charge on any atom is -0.383 e. The van der Waals surface area contributed by atoms with Crippen LogP contribution in [-0.4, -0.2) is 14.8 Å². The highest BCUT2D eigenvalue weighted by molar-refractivity contribution is 5.73. The van der Waals surface area contributed by atoms with Crippen LogP contribution in [0.4, 0.5) is 5.82 Å². The van der Waals surface area contributed by atoms with E-state index in [1.165, 1.54) is 0 Å². The number of aromatic nitrogens is 3. The zero-order chi connectivity index (χ0) is 10.8. The molecule has 2 rings (SSSR count). The van der Waals surface area contributed by atoms with Crippen molar-refractivity contribution in [1.82, 2.24) is 14.8 Å². The highest BCUT2D eigenvalue weighted by atomic mass is 15.3. The van der Waals surface area contributed by atoms with E-state index in [0.29, 0.717) is 5.82 Å². The lowest BCUT2D eigenvalue weighted by atomic mass is 10.1. The zero-order valence-electron chi connectivity index (χ0n) is 8.94. The fourth-order valence-corrected chi connectivity index (χ4v) is 1.49. The summed E-state index contributed by atoms with van der Waals surface area (Å²) >= 11 is 0. The second kappa shape index (κ2) is 3.73. The summed E-state index contributed by atoms with van der Waals surface area (Å²) in [6.45, 7) is 4.91. The van der Waals surface area contributed by atoms with Crippen molar-refractivity contribution in [3.63, 3.8) is 0 Å². The van der Waals surface area contributed by atoms with Crippen molar-refractivity contribution in [3.05, 3.63) is 30.2 Å².